The maximum absolute atomic E-state index is 10.6. The van der Waals surface area contributed by atoms with Crippen molar-refractivity contribution in [2.75, 3.05) is 0 Å². The fraction of sp³-hybridized carbons (Fsp3) is 0.222. The van der Waals surface area contributed by atoms with Crippen molar-refractivity contribution in [3.05, 3.63) is 33.4 Å². The Hall–Kier alpha value is -1.58. The van der Waals surface area contributed by atoms with Gasteiger partial charge in [0, 0.05) is 11.6 Å². The van der Waals surface area contributed by atoms with Gasteiger partial charge in [-0.15, -0.1) is 0 Å². The number of rotatable bonds is 2. The fourth-order valence-corrected chi connectivity index (χ4v) is 1.25. The lowest BCUT2D eigenvalue weighted by molar-refractivity contribution is -0.385. The van der Waals surface area contributed by atoms with Crippen molar-refractivity contribution in [3.63, 3.8) is 0 Å². The molecule has 0 bridgehead atoms. The first-order valence-electron chi connectivity index (χ1n) is 3.89. The molecule has 1 aromatic rings. The number of aliphatic imine (C=N–C) groups is 1. The van der Waals surface area contributed by atoms with Crippen LogP contribution < -0.4 is 0 Å². The second-order valence-corrected chi connectivity index (χ2v) is 3.07. The first kappa shape index (κ1) is 10.5. The molecule has 0 fully saturated rings. The molecule has 1 rings (SSSR count). The van der Waals surface area contributed by atoms with Crippen LogP contribution in [0.5, 0.6) is 0 Å². The van der Waals surface area contributed by atoms with Gasteiger partial charge in [0.15, 0.2) is 0 Å². The highest BCUT2D eigenvalue weighted by atomic mass is 32.1. The van der Waals surface area contributed by atoms with Gasteiger partial charge in [-0.2, -0.15) is 4.99 Å². The summed E-state index contributed by atoms with van der Waals surface area (Å²) in [6, 6.07) is 3.12. The molecule has 0 heterocycles. The molecule has 0 atom stereocenters. The van der Waals surface area contributed by atoms with Crippen LogP contribution in [0.2, 0.25) is 0 Å². The minimum atomic E-state index is -0.409. The Kier molecular flexibility index (Phi) is 3.06. The molecule has 0 saturated heterocycles. The molecule has 72 valence electrons. The number of thiocarbonyl (C=S) groups is 1. The molecule has 0 N–H and O–H groups in total. The molecule has 0 unspecified atom stereocenters. The van der Waals surface area contributed by atoms with Gasteiger partial charge in [-0.3, -0.25) is 10.1 Å². The number of benzene rings is 1. The third-order valence-corrected chi connectivity index (χ3v) is 1.97. The number of nitrogens with zero attached hydrogens (tertiary/aromatic N) is 2. The van der Waals surface area contributed by atoms with Crippen LogP contribution in [0.4, 0.5) is 11.4 Å². The van der Waals surface area contributed by atoms with Crippen molar-refractivity contribution in [2.24, 2.45) is 4.99 Å². The first-order chi connectivity index (χ1) is 6.56. The SMILES string of the molecule is Cc1cc([N+](=O)[O-])c(C)cc1N=C=S. The van der Waals surface area contributed by atoms with Gasteiger partial charge in [-0.05, 0) is 37.7 Å². The maximum Gasteiger partial charge on any atom is 0.272 e. The van der Waals surface area contributed by atoms with Gasteiger partial charge in [-0.1, -0.05) is 0 Å². The van der Waals surface area contributed by atoms with Gasteiger partial charge < -0.3 is 0 Å². The summed E-state index contributed by atoms with van der Waals surface area (Å²) in [4.78, 5) is 14.0. The quantitative estimate of drug-likeness (QED) is 0.325. The molecular formula is C9H8N2O2S. The number of isothiocyanates is 1. The lowest BCUT2D eigenvalue weighted by Gasteiger charge is -2.01. The number of hydrogen-bond acceptors (Lipinski definition) is 4. The Morgan fingerprint density at radius 2 is 2.07 bits per heavy atom. The van der Waals surface area contributed by atoms with Crippen LogP contribution in [0.3, 0.4) is 0 Å². The van der Waals surface area contributed by atoms with Crippen LogP contribution in [0, 0.1) is 24.0 Å². The molecule has 4 nitrogen and oxygen atoms in total. The summed E-state index contributed by atoms with van der Waals surface area (Å²) in [7, 11) is 0. The molecule has 0 aliphatic carbocycles. The molecule has 0 aliphatic rings. The van der Waals surface area contributed by atoms with Crippen molar-refractivity contribution in [3.8, 4) is 0 Å². The maximum atomic E-state index is 10.6. The standard InChI is InChI=1S/C9H8N2O2S/c1-6-4-9(11(12)13)7(2)3-8(6)10-5-14/h3-4H,1-2H3. The number of aryl methyl sites for hydroxylation is 2. The van der Waals surface area contributed by atoms with Crippen LogP contribution in [-0.2, 0) is 0 Å². The summed E-state index contributed by atoms with van der Waals surface area (Å²) in [5.74, 6) is 0. The zero-order valence-corrected chi connectivity index (χ0v) is 8.59. The second-order valence-electron chi connectivity index (χ2n) is 2.89. The predicted molar refractivity (Wildman–Crippen MR) is 57.3 cm³/mol. The minimum Gasteiger partial charge on any atom is -0.258 e. The van der Waals surface area contributed by atoms with E-state index in [1.54, 1.807) is 19.9 Å². The van der Waals surface area contributed by atoms with Crippen molar-refractivity contribution in [1.29, 1.82) is 0 Å². The number of nitro benzene ring substituents is 1. The Morgan fingerprint density at radius 1 is 1.43 bits per heavy atom. The van der Waals surface area contributed by atoms with Crippen molar-refractivity contribution in [1.82, 2.24) is 0 Å². The predicted octanol–water partition coefficient (Wildman–Crippen LogP) is 2.95. The number of nitro groups is 1. The lowest BCUT2D eigenvalue weighted by Crippen LogP contribution is -1.92. The van der Waals surface area contributed by atoms with Crippen LogP contribution >= 0.6 is 12.2 Å². The smallest absolute Gasteiger partial charge is 0.258 e. The largest absolute Gasteiger partial charge is 0.272 e. The Balaban J connectivity index is 3.37. The van der Waals surface area contributed by atoms with Gasteiger partial charge in [-0.25, -0.2) is 0 Å². The van der Waals surface area contributed by atoms with Crippen molar-refractivity contribution >= 4 is 28.8 Å². The van der Waals surface area contributed by atoms with Crippen molar-refractivity contribution < 1.29 is 4.92 Å². The lowest BCUT2D eigenvalue weighted by atomic mass is 10.1. The van der Waals surface area contributed by atoms with Gasteiger partial charge in [0.25, 0.3) is 5.69 Å². The molecule has 0 saturated carbocycles. The minimum absolute atomic E-state index is 0.103. The zero-order chi connectivity index (χ0) is 10.7. The Labute approximate surface area is 86.4 Å². The van der Waals surface area contributed by atoms with Crippen LogP contribution in [0.15, 0.2) is 17.1 Å². The normalized spacial score (nSPS) is 9.29. The summed E-state index contributed by atoms with van der Waals surface area (Å²) in [5.41, 5.74) is 2.03. The summed E-state index contributed by atoms with van der Waals surface area (Å²) >= 11 is 4.47. The molecule has 0 radical (unpaired) electrons. The topological polar surface area (TPSA) is 55.5 Å². The third-order valence-electron chi connectivity index (χ3n) is 1.88. The molecule has 0 amide bonds. The van der Waals surface area contributed by atoms with E-state index in [0.29, 0.717) is 11.3 Å². The molecule has 5 heteroatoms. The van der Waals surface area contributed by atoms with E-state index < -0.39 is 4.92 Å². The fourth-order valence-electron chi connectivity index (χ4n) is 1.15. The monoisotopic (exact) mass is 208 g/mol. The summed E-state index contributed by atoms with van der Waals surface area (Å²) < 4.78 is 0. The molecular weight excluding hydrogens is 200 g/mol. The van der Waals surface area contributed by atoms with E-state index in [4.69, 9.17) is 0 Å². The highest BCUT2D eigenvalue weighted by molar-refractivity contribution is 7.78. The molecule has 14 heavy (non-hydrogen) atoms. The van der Waals surface area contributed by atoms with E-state index in [2.05, 4.69) is 22.4 Å². The first-order valence-corrected chi connectivity index (χ1v) is 4.30. The summed E-state index contributed by atoms with van der Waals surface area (Å²) in [6.45, 7) is 3.41. The van der Waals surface area contributed by atoms with E-state index in [9.17, 15) is 10.1 Å². The van der Waals surface area contributed by atoms with Crippen LogP contribution in [0.25, 0.3) is 0 Å². The third kappa shape index (κ3) is 2.02. The summed E-state index contributed by atoms with van der Waals surface area (Å²) in [6.07, 6.45) is 0. The van der Waals surface area contributed by atoms with E-state index in [0.717, 1.165) is 5.56 Å². The molecule has 0 spiro atoms. The molecule has 1 aromatic carbocycles. The molecule has 0 aliphatic heterocycles. The Bertz CT molecular complexity index is 409. The zero-order valence-electron chi connectivity index (χ0n) is 7.77. The van der Waals surface area contributed by atoms with Crippen LogP contribution in [0.1, 0.15) is 11.1 Å². The average Bonchev–Trinajstić information content (AvgIpc) is 2.10. The highest BCUT2D eigenvalue weighted by Gasteiger charge is 2.12. The van der Waals surface area contributed by atoms with E-state index in [1.807, 2.05) is 0 Å². The van der Waals surface area contributed by atoms with Crippen molar-refractivity contribution in [2.45, 2.75) is 13.8 Å². The average molecular weight is 208 g/mol. The summed E-state index contributed by atoms with van der Waals surface area (Å²) in [5, 5.41) is 12.8. The second kappa shape index (κ2) is 4.09. The van der Waals surface area contributed by atoms with Gasteiger partial charge in [0.1, 0.15) is 0 Å². The van der Waals surface area contributed by atoms with Crippen LogP contribution in [-0.4, -0.2) is 10.1 Å². The van der Waals surface area contributed by atoms with Gasteiger partial charge in [0.05, 0.1) is 15.8 Å². The van der Waals surface area contributed by atoms with E-state index in [1.165, 1.54) is 6.07 Å². The van der Waals surface area contributed by atoms with Gasteiger partial charge in [0.2, 0.25) is 0 Å². The Morgan fingerprint density at radius 3 is 2.57 bits per heavy atom. The highest BCUT2D eigenvalue weighted by Crippen LogP contribution is 2.27. The van der Waals surface area contributed by atoms with E-state index >= 15 is 0 Å². The molecule has 0 aromatic heterocycles. The van der Waals surface area contributed by atoms with E-state index in [-0.39, 0.29) is 5.69 Å². The van der Waals surface area contributed by atoms with Gasteiger partial charge >= 0.3 is 0 Å². The number of hydrogen-bond donors (Lipinski definition) is 0.